The maximum absolute atomic E-state index is 10.9. The van der Waals surface area contributed by atoms with Gasteiger partial charge in [-0.05, 0) is 50.3 Å². The molecule has 0 bridgehead atoms. The summed E-state index contributed by atoms with van der Waals surface area (Å²) < 4.78 is 0. The van der Waals surface area contributed by atoms with Gasteiger partial charge < -0.3 is 5.32 Å². The average Bonchev–Trinajstić information content (AvgIpc) is 3.02. The second-order valence-electron chi connectivity index (χ2n) is 6.27. The zero-order chi connectivity index (χ0) is 14.7. The minimum atomic E-state index is -0.315. The maximum Gasteiger partial charge on any atom is 0.269 e. The van der Waals surface area contributed by atoms with Crippen LogP contribution in [-0.2, 0) is 6.54 Å². The van der Waals surface area contributed by atoms with Gasteiger partial charge in [-0.1, -0.05) is 12.1 Å². The van der Waals surface area contributed by atoms with Crippen LogP contribution in [-0.4, -0.2) is 35.5 Å². The fraction of sp³-hybridized carbons (Fsp3) is 0.625. The van der Waals surface area contributed by atoms with E-state index in [9.17, 15) is 10.1 Å². The average molecular weight is 289 g/mol. The van der Waals surface area contributed by atoms with Crippen molar-refractivity contribution in [3.05, 3.63) is 39.9 Å². The maximum atomic E-state index is 10.9. The molecule has 2 aliphatic rings. The van der Waals surface area contributed by atoms with Crippen molar-refractivity contribution in [1.29, 1.82) is 0 Å². The van der Waals surface area contributed by atoms with Crippen LogP contribution in [0.4, 0.5) is 5.69 Å². The van der Waals surface area contributed by atoms with E-state index in [2.05, 4.69) is 10.2 Å². The lowest BCUT2D eigenvalue weighted by molar-refractivity contribution is -0.384. The summed E-state index contributed by atoms with van der Waals surface area (Å²) in [6.45, 7) is 4.20. The van der Waals surface area contributed by atoms with E-state index < -0.39 is 0 Å². The number of rotatable bonds is 4. The number of nitrogens with one attached hydrogen (secondary N) is 1. The smallest absolute Gasteiger partial charge is 0.269 e. The van der Waals surface area contributed by atoms with Gasteiger partial charge in [-0.3, -0.25) is 15.0 Å². The summed E-state index contributed by atoms with van der Waals surface area (Å²) >= 11 is 0. The van der Waals surface area contributed by atoms with Crippen LogP contribution in [0.2, 0.25) is 0 Å². The molecule has 5 heteroatoms. The van der Waals surface area contributed by atoms with E-state index in [1.807, 2.05) is 6.07 Å². The minimum absolute atomic E-state index is 0.193. The Morgan fingerprint density at radius 2 is 2.24 bits per heavy atom. The first-order chi connectivity index (χ1) is 10.2. The van der Waals surface area contributed by atoms with Gasteiger partial charge in [0.25, 0.3) is 5.69 Å². The van der Waals surface area contributed by atoms with Crippen LogP contribution in [0.5, 0.6) is 0 Å². The molecule has 0 radical (unpaired) electrons. The number of likely N-dealkylation sites (tertiary alicyclic amines) is 1. The van der Waals surface area contributed by atoms with Gasteiger partial charge in [0, 0.05) is 31.3 Å². The highest BCUT2D eigenvalue weighted by atomic mass is 16.6. The van der Waals surface area contributed by atoms with Gasteiger partial charge in [0.05, 0.1) is 4.92 Å². The van der Waals surface area contributed by atoms with Crippen LogP contribution in [0.3, 0.4) is 0 Å². The van der Waals surface area contributed by atoms with Gasteiger partial charge in [-0.15, -0.1) is 0 Å². The van der Waals surface area contributed by atoms with Crippen LogP contribution in [0.1, 0.15) is 31.2 Å². The number of non-ortho nitro benzene ring substituents is 1. The Hall–Kier alpha value is -1.46. The van der Waals surface area contributed by atoms with E-state index in [-0.39, 0.29) is 10.6 Å². The highest BCUT2D eigenvalue weighted by molar-refractivity contribution is 5.34. The van der Waals surface area contributed by atoms with Crippen molar-refractivity contribution in [3.63, 3.8) is 0 Å². The Labute approximate surface area is 125 Å². The van der Waals surface area contributed by atoms with Gasteiger partial charge in [0.1, 0.15) is 0 Å². The standard InChI is InChI=1S/C16H23N3O2/c20-19(21)15-6-1-4-13(10-15)11-18-9-3-5-14(12-18)16-7-2-8-17-16/h1,4,6,10,14,16-17H,2-3,5,7-9,11-12H2. The Morgan fingerprint density at radius 3 is 3.00 bits per heavy atom. The summed E-state index contributed by atoms with van der Waals surface area (Å²) in [5.74, 6) is 0.736. The second kappa shape index (κ2) is 6.54. The van der Waals surface area contributed by atoms with Crippen molar-refractivity contribution < 1.29 is 4.92 Å². The summed E-state index contributed by atoms with van der Waals surface area (Å²) in [6, 6.07) is 7.72. The van der Waals surface area contributed by atoms with Crippen molar-refractivity contribution in [3.8, 4) is 0 Å². The normalized spacial score (nSPS) is 26.9. The van der Waals surface area contributed by atoms with Crippen molar-refractivity contribution >= 4 is 5.69 Å². The summed E-state index contributed by atoms with van der Waals surface area (Å²) in [7, 11) is 0. The number of hydrogen-bond acceptors (Lipinski definition) is 4. The molecule has 2 unspecified atom stereocenters. The molecule has 2 heterocycles. The van der Waals surface area contributed by atoms with Crippen LogP contribution < -0.4 is 5.32 Å². The number of hydrogen-bond donors (Lipinski definition) is 1. The fourth-order valence-electron chi connectivity index (χ4n) is 3.70. The van der Waals surface area contributed by atoms with Gasteiger partial charge >= 0.3 is 0 Å². The molecule has 1 aromatic rings. The Kier molecular flexibility index (Phi) is 4.51. The highest BCUT2D eigenvalue weighted by Gasteiger charge is 2.28. The predicted molar refractivity (Wildman–Crippen MR) is 82.1 cm³/mol. The van der Waals surface area contributed by atoms with E-state index >= 15 is 0 Å². The number of nitrogens with zero attached hydrogens (tertiary/aromatic N) is 2. The van der Waals surface area contributed by atoms with E-state index in [4.69, 9.17) is 0 Å². The van der Waals surface area contributed by atoms with Gasteiger partial charge in [-0.2, -0.15) is 0 Å². The highest BCUT2D eigenvalue weighted by Crippen LogP contribution is 2.26. The lowest BCUT2D eigenvalue weighted by Crippen LogP contribution is -2.43. The van der Waals surface area contributed by atoms with Crippen LogP contribution in [0.25, 0.3) is 0 Å². The monoisotopic (exact) mass is 289 g/mol. The Morgan fingerprint density at radius 1 is 1.33 bits per heavy atom. The zero-order valence-corrected chi connectivity index (χ0v) is 12.3. The third-order valence-corrected chi connectivity index (χ3v) is 4.74. The molecule has 2 saturated heterocycles. The molecule has 1 N–H and O–H groups in total. The predicted octanol–water partition coefficient (Wildman–Crippen LogP) is 2.56. The molecule has 0 amide bonds. The molecule has 0 saturated carbocycles. The molecule has 114 valence electrons. The summed E-state index contributed by atoms with van der Waals surface area (Å²) in [5, 5.41) is 14.5. The third-order valence-electron chi connectivity index (χ3n) is 4.74. The topological polar surface area (TPSA) is 58.4 Å². The van der Waals surface area contributed by atoms with Crippen LogP contribution in [0, 0.1) is 16.0 Å². The molecule has 3 rings (SSSR count). The Bertz CT molecular complexity index is 500. The Balaban J connectivity index is 1.61. The number of piperidine rings is 1. The lowest BCUT2D eigenvalue weighted by Gasteiger charge is -2.35. The van der Waals surface area contributed by atoms with Crippen molar-refractivity contribution in [2.24, 2.45) is 5.92 Å². The number of benzene rings is 1. The van der Waals surface area contributed by atoms with Crippen molar-refractivity contribution in [2.75, 3.05) is 19.6 Å². The van der Waals surface area contributed by atoms with E-state index in [0.717, 1.165) is 37.7 Å². The SMILES string of the molecule is O=[N+]([O-])c1cccc(CN2CCCC(C3CCCN3)C2)c1. The molecule has 2 fully saturated rings. The lowest BCUT2D eigenvalue weighted by atomic mass is 9.89. The summed E-state index contributed by atoms with van der Waals surface area (Å²) in [6.07, 6.45) is 5.14. The zero-order valence-electron chi connectivity index (χ0n) is 12.3. The summed E-state index contributed by atoms with van der Waals surface area (Å²) in [4.78, 5) is 13.0. The molecule has 5 nitrogen and oxygen atoms in total. The quantitative estimate of drug-likeness (QED) is 0.683. The van der Waals surface area contributed by atoms with Crippen molar-refractivity contribution in [1.82, 2.24) is 10.2 Å². The molecule has 0 aromatic heterocycles. The molecular formula is C16H23N3O2. The van der Waals surface area contributed by atoms with E-state index in [1.54, 1.807) is 18.2 Å². The van der Waals surface area contributed by atoms with Crippen LogP contribution >= 0.6 is 0 Å². The van der Waals surface area contributed by atoms with Crippen LogP contribution in [0.15, 0.2) is 24.3 Å². The third kappa shape index (κ3) is 3.60. The first-order valence-electron chi connectivity index (χ1n) is 7.91. The molecule has 1 aromatic carbocycles. The largest absolute Gasteiger partial charge is 0.314 e. The minimum Gasteiger partial charge on any atom is -0.314 e. The molecule has 0 spiro atoms. The van der Waals surface area contributed by atoms with E-state index in [1.165, 1.54) is 25.7 Å². The molecule has 2 atom stereocenters. The molecule has 0 aliphatic carbocycles. The number of nitro groups is 1. The van der Waals surface area contributed by atoms with Gasteiger partial charge in [0.15, 0.2) is 0 Å². The van der Waals surface area contributed by atoms with Gasteiger partial charge in [0.2, 0.25) is 0 Å². The first kappa shape index (κ1) is 14.5. The van der Waals surface area contributed by atoms with Crippen molar-refractivity contribution in [2.45, 2.75) is 38.3 Å². The van der Waals surface area contributed by atoms with E-state index in [0.29, 0.717) is 6.04 Å². The molecule has 2 aliphatic heterocycles. The van der Waals surface area contributed by atoms with Gasteiger partial charge in [-0.25, -0.2) is 0 Å². The molecular weight excluding hydrogens is 266 g/mol. The first-order valence-corrected chi connectivity index (χ1v) is 7.91. The second-order valence-corrected chi connectivity index (χ2v) is 6.27. The fourth-order valence-corrected chi connectivity index (χ4v) is 3.70. The molecule has 21 heavy (non-hydrogen) atoms. The summed E-state index contributed by atoms with van der Waals surface area (Å²) in [5.41, 5.74) is 1.24. The number of nitro benzene ring substituents is 1.